The highest BCUT2D eigenvalue weighted by molar-refractivity contribution is 6.07. The average Bonchev–Trinajstić information content (AvgIpc) is 2.25. The Morgan fingerprint density at radius 2 is 1.81 bits per heavy atom. The Kier molecular flexibility index (Phi) is 6.37. The molecule has 0 fully saturated rings. The molecule has 5 heteroatoms. The van der Waals surface area contributed by atoms with Crippen molar-refractivity contribution in [1.82, 2.24) is 5.32 Å². The Morgan fingerprint density at radius 1 is 1.25 bits per heavy atom. The zero-order valence-electron chi connectivity index (χ0n) is 9.03. The van der Waals surface area contributed by atoms with Gasteiger partial charge in [-0.25, -0.2) is 0 Å². The van der Waals surface area contributed by atoms with E-state index in [9.17, 15) is 9.59 Å². The van der Waals surface area contributed by atoms with E-state index in [2.05, 4.69) is 5.32 Å². The summed E-state index contributed by atoms with van der Waals surface area (Å²) < 4.78 is 0. The molecule has 0 spiro atoms. The lowest BCUT2D eigenvalue weighted by Crippen LogP contribution is -2.30. The number of carbonyl (C=O) groups excluding carboxylic acids is 2. The lowest BCUT2D eigenvalue weighted by Gasteiger charge is -2.06. The molecule has 0 heterocycles. The van der Waals surface area contributed by atoms with Gasteiger partial charge in [0.05, 0.1) is 5.56 Å². The molecule has 1 aromatic carbocycles. The molecule has 0 radical (unpaired) electrons. The standard InChI is InChI=1S/C11H14N2O2.ClH/c1-8(14)9-4-2-3-5-10(9)11(15)13-7-6-12;/h2-5H,6-7,12H2,1H3,(H,13,15);1H. The summed E-state index contributed by atoms with van der Waals surface area (Å²) in [7, 11) is 0. The Hall–Kier alpha value is -1.39. The number of benzene rings is 1. The number of nitrogens with two attached hydrogens (primary N) is 1. The first kappa shape index (κ1) is 14.6. The summed E-state index contributed by atoms with van der Waals surface area (Å²) in [6.07, 6.45) is 0. The van der Waals surface area contributed by atoms with Crippen LogP contribution < -0.4 is 11.1 Å². The molecule has 0 aliphatic carbocycles. The number of amides is 1. The molecule has 0 aromatic heterocycles. The summed E-state index contributed by atoms with van der Waals surface area (Å²) >= 11 is 0. The van der Waals surface area contributed by atoms with Gasteiger partial charge >= 0.3 is 0 Å². The minimum absolute atomic E-state index is 0. The molecule has 3 N–H and O–H groups in total. The van der Waals surface area contributed by atoms with Crippen molar-refractivity contribution in [3.05, 3.63) is 35.4 Å². The first-order chi connectivity index (χ1) is 7.16. The number of nitrogens with one attached hydrogen (secondary N) is 1. The third kappa shape index (κ3) is 3.64. The van der Waals surface area contributed by atoms with Gasteiger partial charge in [-0.1, -0.05) is 18.2 Å². The SMILES string of the molecule is CC(=O)c1ccccc1C(=O)NCCN.Cl. The molecule has 1 amide bonds. The molecule has 0 atom stereocenters. The van der Waals surface area contributed by atoms with Crippen molar-refractivity contribution in [3.8, 4) is 0 Å². The smallest absolute Gasteiger partial charge is 0.252 e. The van der Waals surface area contributed by atoms with E-state index in [-0.39, 0.29) is 24.1 Å². The first-order valence-electron chi connectivity index (χ1n) is 4.75. The van der Waals surface area contributed by atoms with E-state index >= 15 is 0 Å². The van der Waals surface area contributed by atoms with Crippen LogP contribution in [-0.2, 0) is 0 Å². The van der Waals surface area contributed by atoms with E-state index in [1.54, 1.807) is 24.3 Å². The maximum Gasteiger partial charge on any atom is 0.252 e. The predicted octanol–water partition coefficient (Wildman–Crippen LogP) is 1.000. The van der Waals surface area contributed by atoms with Gasteiger partial charge < -0.3 is 11.1 Å². The summed E-state index contributed by atoms with van der Waals surface area (Å²) in [6, 6.07) is 6.72. The van der Waals surface area contributed by atoms with Crippen LogP contribution in [0.5, 0.6) is 0 Å². The minimum Gasteiger partial charge on any atom is -0.351 e. The van der Waals surface area contributed by atoms with Crippen molar-refractivity contribution in [2.45, 2.75) is 6.92 Å². The van der Waals surface area contributed by atoms with Gasteiger partial charge in [0.25, 0.3) is 5.91 Å². The Bertz CT molecular complexity index is 380. The van der Waals surface area contributed by atoms with Gasteiger partial charge in [0, 0.05) is 18.7 Å². The van der Waals surface area contributed by atoms with Gasteiger partial charge in [-0.05, 0) is 13.0 Å². The van der Waals surface area contributed by atoms with Crippen molar-refractivity contribution < 1.29 is 9.59 Å². The van der Waals surface area contributed by atoms with Crippen LogP contribution in [0.1, 0.15) is 27.6 Å². The maximum atomic E-state index is 11.6. The normalized spacial score (nSPS) is 9.12. The maximum absolute atomic E-state index is 11.6. The molecule has 0 saturated carbocycles. The molecule has 1 aromatic rings. The fraction of sp³-hybridized carbons (Fsp3) is 0.273. The topological polar surface area (TPSA) is 72.2 Å². The zero-order valence-corrected chi connectivity index (χ0v) is 9.84. The highest BCUT2D eigenvalue weighted by Gasteiger charge is 2.12. The summed E-state index contributed by atoms with van der Waals surface area (Å²) in [5.74, 6) is -0.375. The molecule has 0 aliphatic heterocycles. The van der Waals surface area contributed by atoms with Crippen molar-refractivity contribution in [2.75, 3.05) is 13.1 Å². The van der Waals surface area contributed by atoms with Crippen LogP contribution in [-0.4, -0.2) is 24.8 Å². The number of Topliss-reactive ketones (excluding diaryl/α,β-unsaturated/α-hetero) is 1. The van der Waals surface area contributed by atoms with E-state index in [0.717, 1.165) is 0 Å². The number of hydrogen-bond acceptors (Lipinski definition) is 3. The van der Waals surface area contributed by atoms with Gasteiger partial charge in [-0.15, -0.1) is 12.4 Å². The minimum atomic E-state index is -0.258. The van der Waals surface area contributed by atoms with Gasteiger partial charge in [-0.3, -0.25) is 9.59 Å². The Labute approximate surface area is 101 Å². The van der Waals surface area contributed by atoms with Gasteiger partial charge in [0.15, 0.2) is 5.78 Å². The van der Waals surface area contributed by atoms with Gasteiger partial charge in [-0.2, -0.15) is 0 Å². The molecular weight excluding hydrogens is 228 g/mol. The highest BCUT2D eigenvalue weighted by Crippen LogP contribution is 2.08. The number of carbonyl (C=O) groups is 2. The second kappa shape index (κ2) is 6.98. The van der Waals surface area contributed by atoms with Crippen LogP contribution in [0.25, 0.3) is 0 Å². The lowest BCUT2D eigenvalue weighted by molar-refractivity contribution is 0.0939. The van der Waals surface area contributed by atoms with E-state index < -0.39 is 0 Å². The Morgan fingerprint density at radius 3 is 2.31 bits per heavy atom. The number of halogens is 1. The van der Waals surface area contributed by atoms with E-state index in [4.69, 9.17) is 5.73 Å². The first-order valence-corrected chi connectivity index (χ1v) is 4.75. The summed E-state index contributed by atoms with van der Waals surface area (Å²) in [5, 5.41) is 2.63. The van der Waals surface area contributed by atoms with Crippen LogP contribution in [0.4, 0.5) is 0 Å². The van der Waals surface area contributed by atoms with Crippen molar-refractivity contribution in [2.24, 2.45) is 5.73 Å². The predicted molar refractivity (Wildman–Crippen MR) is 65.1 cm³/mol. The average molecular weight is 243 g/mol. The van der Waals surface area contributed by atoms with Crippen molar-refractivity contribution in [3.63, 3.8) is 0 Å². The molecule has 16 heavy (non-hydrogen) atoms. The number of ketones is 1. The fourth-order valence-corrected chi connectivity index (χ4v) is 1.27. The second-order valence-electron chi connectivity index (χ2n) is 3.15. The molecule has 4 nitrogen and oxygen atoms in total. The third-order valence-electron chi connectivity index (χ3n) is 1.98. The molecule has 0 aliphatic rings. The van der Waals surface area contributed by atoms with Crippen LogP contribution >= 0.6 is 12.4 Å². The molecule has 88 valence electrons. The monoisotopic (exact) mass is 242 g/mol. The van der Waals surface area contributed by atoms with Crippen LogP contribution in [0.15, 0.2) is 24.3 Å². The van der Waals surface area contributed by atoms with E-state index in [1.165, 1.54) is 6.92 Å². The van der Waals surface area contributed by atoms with Crippen LogP contribution in [0.3, 0.4) is 0 Å². The van der Waals surface area contributed by atoms with Crippen molar-refractivity contribution in [1.29, 1.82) is 0 Å². The molecule has 0 saturated heterocycles. The second-order valence-corrected chi connectivity index (χ2v) is 3.15. The lowest BCUT2D eigenvalue weighted by atomic mass is 10.0. The molecular formula is C11H15ClN2O2. The molecule has 1 rings (SSSR count). The summed E-state index contributed by atoms with van der Waals surface area (Å²) in [6.45, 7) is 2.23. The van der Waals surface area contributed by atoms with Crippen molar-refractivity contribution >= 4 is 24.1 Å². The largest absolute Gasteiger partial charge is 0.351 e. The summed E-state index contributed by atoms with van der Waals surface area (Å²) in [5.41, 5.74) is 6.11. The zero-order chi connectivity index (χ0) is 11.3. The van der Waals surface area contributed by atoms with E-state index in [0.29, 0.717) is 24.2 Å². The van der Waals surface area contributed by atoms with Crippen LogP contribution in [0.2, 0.25) is 0 Å². The number of rotatable bonds is 4. The fourth-order valence-electron chi connectivity index (χ4n) is 1.27. The van der Waals surface area contributed by atoms with Gasteiger partial charge in [0.2, 0.25) is 0 Å². The van der Waals surface area contributed by atoms with Crippen LogP contribution in [0, 0.1) is 0 Å². The quantitative estimate of drug-likeness (QED) is 0.774. The highest BCUT2D eigenvalue weighted by atomic mass is 35.5. The number of hydrogen-bond donors (Lipinski definition) is 2. The molecule has 0 unspecified atom stereocenters. The van der Waals surface area contributed by atoms with E-state index in [1.807, 2.05) is 0 Å². The summed E-state index contributed by atoms with van der Waals surface area (Å²) in [4.78, 5) is 22.8. The molecule has 0 bridgehead atoms. The van der Waals surface area contributed by atoms with Gasteiger partial charge in [0.1, 0.15) is 0 Å². The third-order valence-corrected chi connectivity index (χ3v) is 1.98. The Balaban J connectivity index is 0.00000225.